The Morgan fingerprint density at radius 3 is 2.42 bits per heavy atom. The lowest BCUT2D eigenvalue weighted by Crippen LogP contribution is -2.40. The minimum atomic E-state index is -1.28. The molecule has 3 heterocycles. The summed E-state index contributed by atoms with van der Waals surface area (Å²) in [5.74, 6) is -4.76. The van der Waals surface area contributed by atoms with Gasteiger partial charge in [-0.05, 0) is 24.5 Å². The van der Waals surface area contributed by atoms with Crippen molar-refractivity contribution in [3.63, 3.8) is 0 Å². The van der Waals surface area contributed by atoms with Gasteiger partial charge in [-0.2, -0.15) is 0 Å². The third kappa shape index (κ3) is 4.58. The Labute approximate surface area is 204 Å². The van der Waals surface area contributed by atoms with Gasteiger partial charge in [0.05, 0.1) is 24.5 Å². The lowest BCUT2D eigenvalue weighted by Gasteiger charge is -2.21. The first kappa shape index (κ1) is 25.4. The molecule has 190 valence electrons. The summed E-state index contributed by atoms with van der Waals surface area (Å²) in [6.45, 7) is 5.63. The number of aromatic nitrogens is 2. The molecule has 0 aliphatic carbocycles. The number of hydrogen-bond donors (Lipinski definition) is 2. The summed E-state index contributed by atoms with van der Waals surface area (Å²) in [5, 5.41) is 12.5. The number of β-amino-alcohol motifs (C(OH)–C–C–N with tert-alkyl or cyclic N) is 1. The van der Waals surface area contributed by atoms with Gasteiger partial charge in [0.1, 0.15) is 22.9 Å². The monoisotopic (exact) mass is 502 g/mol. The van der Waals surface area contributed by atoms with Gasteiger partial charge in [0, 0.05) is 24.4 Å². The van der Waals surface area contributed by atoms with Crippen LogP contribution in [0.15, 0.2) is 35.3 Å². The molecule has 0 spiro atoms. The Bertz CT molecular complexity index is 1400. The van der Waals surface area contributed by atoms with Crippen LogP contribution in [0.1, 0.15) is 44.0 Å². The highest BCUT2D eigenvalue weighted by Crippen LogP contribution is 2.26. The third-order valence-electron chi connectivity index (χ3n) is 6.25. The third-order valence-corrected chi connectivity index (χ3v) is 6.25. The van der Waals surface area contributed by atoms with Crippen LogP contribution in [0.5, 0.6) is 0 Å². The number of nitrogens with one attached hydrogen (secondary N) is 1. The number of nitrogens with zero attached hydrogens (tertiary/aromatic N) is 3. The molecule has 36 heavy (non-hydrogen) atoms. The van der Waals surface area contributed by atoms with Crippen molar-refractivity contribution in [1.82, 2.24) is 14.9 Å². The van der Waals surface area contributed by atoms with Gasteiger partial charge in [-0.3, -0.25) is 23.9 Å². The molecule has 1 aliphatic heterocycles. The molecular weight excluding hydrogens is 477 g/mol. The summed E-state index contributed by atoms with van der Waals surface area (Å²) in [6, 6.07) is 3.33. The van der Waals surface area contributed by atoms with Crippen molar-refractivity contribution in [1.29, 1.82) is 0 Å². The molecule has 11 heteroatoms. The van der Waals surface area contributed by atoms with Crippen molar-refractivity contribution in [2.24, 2.45) is 5.92 Å². The first-order valence-corrected chi connectivity index (χ1v) is 11.5. The van der Waals surface area contributed by atoms with E-state index in [1.165, 1.54) is 17.0 Å². The maximum absolute atomic E-state index is 14.8. The first-order valence-electron chi connectivity index (χ1n) is 11.5. The molecule has 0 bridgehead atoms. The van der Waals surface area contributed by atoms with Gasteiger partial charge < -0.3 is 10.4 Å². The Hall–Kier alpha value is -3.73. The molecule has 1 aromatic carbocycles. The summed E-state index contributed by atoms with van der Waals surface area (Å²) >= 11 is 0. The maximum atomic E-state index is 14.8. The van der Waals surface area contributed by atoms with Crippen LogP contribution in [0.3, 0.4) is 0 Å². The second kappa shape index (κ2) is 9.73. The summed E-state index contributed by atoms with van der Waals surface area (Å²) in [4.78, 5) is 44.1. The van der Waals surface area contributed by atoms with E-state index in [-0.39, 0.29) is 47.3 Å². The fraction of sp³-hybridized carbons (Fsp3) is 0.360. The smallest absolute Gasteiger partial charge is 0.257 e. The van der Waals surface area contributed by atoms with Crippen molar-refractivity contribution < 1.29 is 27.9 Å². The highest BCUT2D eigenvalue weighted by molar-refractivity contribution is 5.99. The van der Waals surface area contributed by atoms with Crippen molar-refractivity contribution in [2.75, 3.05) is 11.4 Å². The summed E-state index contributed by atoms with van der Waals surface area (Å²) in [6.07, 6.45) is 0.515. The predicted molar refractivity (Wildman–Crippen MR) is 127 cm³/mol. The van der Waals surface area contributed by atoms with Crippen molar-refractivity contribution in [3.8, 4) is 5.69 Å². The van der Waals surface area contributed by atoms with E-state index >= 15 is 0 Å². The molecule has 2 amide bonds. The van der Waals surface area contributed by atoms with E-state index in [9.17, 15) is 32.7 Å². The number of halogens is 3. The number of fused-ring (bicyclic) bond motifs is 1. The number of aliphatic hydroxyl groups excluding tert-OH is 1. The van der Waals surface area contributed by atoms with E-state index in [1.807, 2.05) is 20.8 Å². The second-order valence-corrected chi connectivity index (χ2v) is 9.10. The zero-order chi connectivity index (χ0) is 26.3. The Morgan fingerprint density at radius 2 is 1.86 bits per heavy atom. The van der Waals surface area contributed by atoms with Crippen LogP contribution in [0.2, 0.25) is 0 Å². The number of anilines is 1. The number of rotatable bonds is 6. The second-order valence-electron chi connectivity index (χ2n) is 9.10. The number of carbonyl (C=O) groups excluding carboxylic acids is 2. The summed E-state index contributed by atoms with van der Waals surface area (Å²) < 4.78 is 44.2. The van der Waals surface area contributed by atoms with Gasteiger partial charge >= 0.3 is 0 Å². The molecule has 1 aliphatic rings. The fourth-order valence-electron chi connectivity index (χ4n) is 4.34. The molecule has 2 aromatic heterocycles. The highest BCUT2D eigenvalue weighted by atomic mass is 19.1. The molecule has 0 saturated carbocycles. The van der Waals surface area contributed by atoms with E-state index in [0.29, 0.717) is 18.6 Å². The van der Waals surface area contributed by atoms with Gasteiger partial charge in [0.25, 0.3) is 5.91 Å². The molecule has 1 fully saturated rings. The molecule has 2 atom stereocenters. The van der Waals surface area contributed by atoms with Crippen LogP contribution >= 0.6 is 0 Å². The molecule has 8 nitrogen and oxygen atoms in total. The average Bonchev–Trinajstić information content (AvgIpc) is 3.15. The Balaban J connectivity index is 1.97. The molecule has 1 saturated heterocycles. The van der Waals surface area contributed by atoms with E-state index in [4.69, 9.17) is 0 Å². The number of amides is 2. The van der Waals surface area contributed by atoms with Gasteiger partial charge in [-0.1, -0.05) is 20.8 Å². The number of carbonyl (C=O) groups is 2. The predicted octanol–water partition coefficient (Wildman–Crippen LogP) is 3.07. The lowest BCUT2D eigenvalue weighted by molar-refractivity contribution is -0.117. The molecule has 3 aromatic rings. The normalized spacial score (nSPS) is 16.7. The molecular formula is C25H25F3N4O4. The van der Waals surface area contributed by atoms with Crippen LogP contribution in [-0.2, 0) is 4.79 Å². The molecule has 4 rings (SSSR count). The van der Waals surface area contributed by atoms with E-state index in [2.05, 4.69) is 10.3 Å². The van der Waals surface area contributed by atoms with Crippen LogP contribution < -0.4 is 15.6 Å². The minimum Gasteiger partial charge on any atom is -0.391 e. The van der Waals surface area contributed by atoms with Crippen LogP contribution in [0.25, 0.3) is 16.7 Å². The van der Waals surface area contributed by atoms with Crippen LogP contribution in [-0.4, -0.2) is 45.2 Å². The standard InChI is InChI=1S/C25H25F3N4O4/c1-4-19(12(2)3)29-25(36)16-11-32(22-17(27)7-13(26)8-18(22)28)24-15(23(16)35)5-6-20(30-24)31-10-14(33)9-21(31)34/h5-8,11-12,14,19,33H,4,9-10H2,1-3H3,(H,29,36). The van der Waals surface area contributed by atoms with Gasteiger partial charge in [-0.25, -0.2) is 18.2 Å². The van der Waals surface area contributed by atoms with E-state index in [1.54, 1.807) is 0 Å². The Kier molecular flexibility index (Phi) is 6.85. The lowest BCUT2D eigenvalue weighted by atomic mass is 10.0. The minimum absolute atomic E-state index is 0.0446. The van der Waals surface area contributed by atoms with Crippen molar-refractivity contribution in [3.05, 3.63) is 63.7 Å². The topological polar surface area (TPSA) is 105 Å². The number of aliphatic hydroxyl groups is 1. The molecule has 0 radical (unpaired) electrons. The quantitative estimate of drug-likeness (QED) is 0.539. The highest BCUT2D eigenvalue weighted by Gasteiger charge is 2.31. The summed E-state index contributed by atoms with van der Waals surface area (Å²) in [5.41, 5.74) is -2.11. The van der Waals surface area contributed by atoms with Crippen LogP contribution in [0.4, 0.5) is 19.0 Å². The zero-order valence-electron chi connectivity index (χ0n) is 19.9. The first-order chi connectivity index (χ1) is 17.0. The van der Waals surface area contributed by atoms with Crippen molar-refractivity contribution >= 4 is 28.7 Å². The fourth-order valence-corrected chi connectivity index (χ4v) is 4.34. The van der Waals surface area contributed by atoms with Gasteiger partial charge in [-0.15, -0.1) is 0 Å². The Morgan fingerprint density at radius 1 is 1.19 bits per heavy atom. The number of hydrogen-bond acceptors (Lipinski definition) is 5. The van der Waals surface area contributed by atoms with E-state index < -0.39 is 46.5 Å². The van der Waals surface area contributed by atoms with E-state index in [0.717, 1.165) is 10.8 Å². The summed E-state index contributed by atoms with van der Waals surface area (Å²) in [7, 11) is 0. The number of pyridine rings is 2. The van der Waals surface area contributed by atoms with Gasteiger partial charge in [0.15, 0.2) is 17.3 Å². The SMILES string of the molecule is CCC(NC(=O)c1cn(-c2c(F)cc(F)cc2F)c2nc(N3CC(O)CC3=O)ccc2c1=O)C(C)C. The molecule has 2 N–H and O–H groups in total. The maximum Gasteiger partial charge on any atom is 0.257 e. The average molecular weight is 502 g/mol. The number of benzene rings is 1. The zero-order valence-corrected chi connectivity index (χ0v) is 19.9. The van der Waals surface area contributed by atoms with Crippen molar-refractivity contribution in [2.45, 2.75) is 45.8 Å². The van der Waals surface area contributed by atoms with Gasteiger partial charge in [0.2, 0.25) is 11.3 Å². The molecule has 2 unspecified atom stereocenters. The van der Waals surface area contributed by atoms with Crippen LogP contribution in [0, 0.1) is 23.4 Å². The largest absolute Gasteiger partial charge is 0.391 e.